The van der Waals surface area contributed by atoms with Gasteiger partial charge < -0.3 is 15.7 Å². The van der Waals surface area contributed by atoms with Crippen LogP contribution in [0, 0.1) is 17.0 Å². The molecule has 1 rings (SSSR count). The van der Waals surface area contributed by atoms with Crippen LogP contribution in [-0.2, 0) is 4.79 Å². The molecule has 3 N–H and O–H groups in total. The summed E-state index contributed by atoms with van der Waals surface area (Å²) in [5.74, 6) is -0.429. The molecule has 19 heavy (non-hydrogen) atoms. The Morgan fingerprint density at radius 2 is 2.16 bits per heavy atom. The van der Waals surface area contributed by atoms with Crippen molar-refractivity contribution < 1.29 is 14.8 Å². The van der Waals surface area contributed by atoms with E-state index in [1.54, 1.807) is 19.1 Å². The number of benzene rings is 1. The fraction of sp³-hybridized carbons (Fsp3) is 0.417. The molecule has 7 heteroatoms. The van der Waals surface area contributed by atoms with Gasteiger partial charge in [0.15, 0.2) is 0 Å². The zero-order valence-corrected chi connectivity index (χ0v) is 10.7. The van der Waals surface area contributed by atoms with Crippen molar-refractivity contribution in [3.8, 4) is 0 Å². The van der Waals surface area contributed by atoms with E-state index in [0.29, 0.717) is 25.2 Å². The predicted octanol–water partition coefficient (Wildman–Crippen LogP) is 0.814. The maximum absolute atomic E-state index is 10.9. The van der Waals surface area contributed by atoms with Gasteiger partial charge in [0.1, 0.15) is 12.3 Å². The normalized spacial score (nSPS) is 10.0. The summed E-state index contributed by atoms with van der Waals surface area (Å²) in [4.78, 5) is 21.2. The topological polar surface area (TPSA) is 104 Å². The number of aliphatic hydroxyl groups excluding tert-OH is 1. The Balaban J connectivity index is 2.45. The van der Waals surface area contributed by atoms with E-state index in [2.05, 4.69) is 10.6 Å². The first-order valence-electron chi connectivity index (χ1n) is 5.91. The number of nitro groups is 1. The molecular weight excluding hydrogens is 250 g/mol. The van der Waals surface area contributed by atoms with Crippen LogP contribution in [0.3, 0.4) is 0 Å². The number of carbonyl (C=O) groups excluding carboxylic acids is 1. The number of amides is 1. The first-order valence-corrected chi connectivity index (χ1v) is 5.91. The molecule has 0 aliphatic heterocycles. The summed E-state index contributed by atoms with van der Waals surface area (Å²) in [7, 11) is 0. The number of carbonyl (C=O) groups is 1. The molecule has 0 aliphatic carbocycles. The van der Waals surface area contributed by atoms with E-state index in [4.69, 9.17) is 5.11 Å². The number of rotatable bonds is 7. The fourth-order valence-electron chi connectivity index (χ4n) is 1.54. The van der Waals surface area contributed by atoms with Gasteiger partial charge >= 0.3 is 0 Å². The largest absolute Gasteiger partial charge is 0.387 e. The third-order valence-corrected chi connectivity index (χ3v) is 2.48. The van der Waals surface area contributed by atoms with Crippen molar-refractivity contribution in [2.24, 2.45) is 0 Å². The van der Waals surface area contributed by atoms with Gasteiger partial charge in [0.25, 0.3) is 5.69 Å². The molecule has 0 bridgehead atoms. The van der Waals surface area contributed by atoms with Crippen molar-refractivity contribution in [3.05, 3.63) is 33.9 Å². The summed E-state index contributed by atoms with van der Waals surface area (Å²) >= 11 is 0. The van der Waals surface area contributed by atoms with Gasteiger partial charge in [-0.3, -0.25) is 14.9 Å². The van der Waals surface area contributed by atoms with Crippen molar-refractivity contribution in [1.29, 1.82) is 0 Å². The Hall–Kier alpha value is -2.15. The molecule has 0 atom stereocenters. The second-order valence-electron chi connectivity index (χ2n) is 4.07. The highest BCUT2D eigenvalue weighted by atomic mass is 16.6. The second-order valence-corrected chi connectivity index (χ2v) is 4.07. The third kappa shape index (κ3) is 4.92. The van der Waals surface area contributed by atoms with Crippen LogP contribution in [0.25, 0.3) is 0 Å². The number of hydrogen-bond donors (Lipinski definition) is 3. The van der Waals surface area contributed by atoms with E-state index < -0.39 is 17.4 Å². The minimum Gasteiger partial charge on any atom is -0.387 e. The van der Waals surface area contributed by atoms with Crippen molar-refractivity contribution in [2.45, 2.75) is 13.3 Å². The molecule has 0 heterocycles. The lowest BCUT2D eigenvalue weighted by Crippen LogP contribution is -2.28. The van der Waals surface area contributed by atoms with Crippen LogP contribution < -0.4 is 10.6 Å². The first-order chi connectivity index (χ1) is 9.04. The van der Waals surface area contributed by atoms with Crippen molar-refractivity contribution in [2.75, 3.05) is 25.0 Å². The summed E-state index contributed by atoms with van der Waals surface area (Å²) in [5.41, 5.74) is 1.33. The maximum Gasteiger partial charge on any atom is 0.292 e. The lowest BCUT2D eigenvalue weighted by molar-refractivity contribution is -0.384. The SMILES string of the molecule is Cc1ccc(NCCCNC(=O)CO)c([N+](=O)[O-])c1. The van der Waals surface area contributed by atoms with Gasteiger partial charge in [-0.25, -0.2) is 0 Å². The molecule has 1 aromatic rings. The predicted molar refractivity (Wildman–Crippen MR) is 71.0 cm³/mol. The van der Waals surface area contributed by atoms with E-state index in [0.717, 1.165) is 5.56 Å². The van der Waals surface area contributed by atoms with Gasteiger partial charge in [-0.15, -0.1) is 0 Å². The molecular formula is C12H17N3O4. The number of hydrogen-bond acceptors (Lipinski definition) is 5. The van der Waals surface area contributed by atoms with E-state index in [1.165, 1.54) is 6.07 Å². The van der Waals surface area contributed by atoms with Crippen molar-refractivity contribution >= 4 is 17.3 Å². The Bertz CT molecular complexity index is 462. The molecule has 0 saturated carbocycles. The van der Waals surface area contributed by atoms with Crippen LogP contribution in [0.1, 0.15) is 12.0 Å². The highest BCUT2D eigenvalue weighted by Crippen LogP contribution is 2.24. The molecule has 0 aliphatic rings. The summed E-state index contributed by atoms with van der Waals surface area (Å²) in [5, 5.41) is 24.8. The first kappa shape index (κ1) is 14.9. The lowest BCUT2D eigenvalue weighted by atomic mass is 10.2. The molecule has 0 radical (unpaired) electrons. The maximum atomic E-state index is 10.9. The zero-order chi connectivity index (χ0) is 14.3. The van der Waals surface area contributed by atoms with Gasteiger partial charge in [-0.05, 0) is 25.0 Å². The molecule has 0 fully saturated rings. The monoisotopic (exact) mass is 267 g/mol. The molecule has 1 amide bonds. The van der Waals surface area contributed by atoms with E-state index >= 15 is 0 Å². The molecule has 0 aromatic heterocycles. The van der Waals surface area contributed by atoms with Crippen molar-refractivity contribution in [3.63, 3.8) is 0 Å². The smallest absolute Gasteiger partial charge is 0.292 e. The summed E-state index contributed by atoms with van der Waals surface area (Å²) in [6.07, 6.45) is 0.608. The van der Waals surface area contributed by atoms with Crippen LogP contribution in [0.4, 0.5) is 11.4 Å². The van der Waals surface area contributed by atoms with E-state index in [-0.39, 0.29) is 5.69 Å². The molecule has 0 saturated heterocycles. The Labute approximate surface area is 110 Å². The van der Waals surface area contributed by atoms with Crippen LogP contribution >= 0.6 is 0 Å². The van der Waals surface area contributed by atoms with E-state index in [9.17, 15) is 14.9 Å². The summed E-state index contributed by atoms with van der Waals surface area (Å²) in [6, 6.07) is 4.97. The molecule has 104 valence electrons. The van der Waals surface area contributed by atoms with Crippen LogP contribution in [0.2, 0.25) is 0 Å². The fourth-order valence-corrected chi connectivity index (χ4v) is 1.54. The molecule has 1 aromatic carbocycles. The second kappa shape index (κ2) is 7.32. The number of aryl methyl sites for hydroxylation is 1. The molecule has 0 unspecified atom stereocenters. The zero-order valence-electron chi connectivity index (χ0n) is 10.7. The highest BCUT2D eigenvalue weighted by Gasteiger charge is 2.12. The number of nitrogens with one attached hydrogen (secondary N) is 2. The Kier molecular flexibility index (Phi) is 5.74. The van der Waals surface area contributed by atoms with Crippen molar-refractivity contribution in [1.82, 2.24) is 5.32 Å². The minimum absolute atomic E-state index is 0.0411. The molecule has 0 spiro atoms. The van der Waals surface area contributed by atoms with Gasteiger partial charge in [0.2, 0.25) is 5.91 Å². The Morgan fingerprint density at radius 3 is 2.79 bits per heavy atom. The van der Waals surface area contributed by atoms with Crippen LogP contribution in [-0.4, -0.2) is 35.6 Å². The number of aliphatic hydroxyl groups is 1. The number of nitrogens with zero attached hydrogens (tertiary/aromatic N) is 1. The quantitative estimate of drug-likeness (QED) is 0.385. The minimum atomic E-state index is -0.531. The van der Waals surface area contributed by atoms with E-state index in [1.807, 2.05) is 0 Å². The van der Waals surface area contributed by atoms with Gasteiger partial charge in [-0.2, -0.15) is 0 Å². The van der Waals surface area contributed by atoms with Crippen LogP contribution in [0.15, 0.2) is 18.2 Å². The van der Waals surface area contributed by atoms with Crippen LogP contribution in [0.5, 0.6) is 0 Å². The summed E-state index contributed by atoms with van der Waals surface area (Å²) in [6.45, 7) is 2.17. The number of nitro benzene ring substituents is 1. The average molecular weight is 267 g/mol. The standard InChI is InChI=1S/C12H17N3O4/c1-9-3-4-10(11(7-9)15(18)19)13-5-2-6-14-12(17)8-16/h3-4,7,13,16H,2,5-6,8H2,1H3,(H,14,17). The number of anilines is 1. The summed E-state index contributed by atoms with van der Waals surface area (Å²) < 4.78 is 0. The average Bonchev–Trinajstić information content (AvgIpc) is 2.39. The molecule has 7 nitrogen and oxygen atoms in total. The lowest BCUT2D eigenvalue weighted by Gasteiger charge is -2.08. The highest BCUT2D eigenvalue weighted by molar-refractivity contribution is 5.76. The van der Waals surface area contributed by atoms with Gasteiger partial charge in [0.05, 0.1) is 4.92 Å². The van der Waals surface area contributed by atoms with Gasteiger partial charge in [-0.1, -0.05) is 6.07 Å². The third-order valence-electron chi connectivity index (χ3n) is 2.48. The van der Waals surface area contributed by atoms with Gasteiger partial charge in [0, 0.05) is 19.2 Å². The Morgan fingerprint density at radius 1 is 1.42 bits per heavy atom.